The molecule has 1 N–H and O–H groups in total. The van der Waals surface area contributed by atoms with Gasteiger partial charge in [0.05, 0.1) is 10.9 Å². The molecule has 0 radical (unpaired) electrons. The average molecular weight is 312 g/mol. The molecule has 1 saturated heterocycles. The minimum atomic E-state index is -0.0114. The van der Waals surface area contributed by atoms with Crippen molar-refractivity contribution in [3.63, 3.8) is 0 Å². The van der Waals surface area contributed by atoms with Crippen LogP contribution in [0, 0.1) is 6.92 Å². The predicted octanol–water partition coefficient (Wildman–Crippen LogP) is 3.31. The van der Waals surface area contributed by atoms with Gasteiger partial charge in [0.2, 0.25) is 0 Å². The van der Waals surface area contributed by atoms with E-state index >= 15 is 0 Å². The number of aromatic amines is 1. The SMILES string of the molecule is Cc1nc([C@@H]2CCCN2C(=O)c2cc3ccccc3s2)n[nH]1. The molecule has 1 aromatic carbocycles. The molecule has 22 heavy (non-hydrogen) atoms. The topological polar surface area (TPSA) is 61.9 Å². The summed E-state index contributed by atoms with van der Waals surface area (Å²) >= 11 is 1.55. The number of benzene rings is 1. The zero-order valence-electron chi connectivity index (χ0n) is 12.2. The van der Waals surface area contributed by atoms with Crippen LogP contribution in [-0.2, 0) is 0 Å². The van der Waals surface area contributed by atoms with Gasteiger partial charge in [-0.05, 0) is 37.3 Å². The number of thiophene rings is 1. The number of aromatic nitrogens is 3. The van der Waals surface area contributed by atoms with Gasteiger partial charge in [-0.15, -0.1) is 11.3 Å². The molecule has 5 nitrogen and oxygen atoms in total. The first-order chi connectivity index (χ1) is 10.7. The summed E-state index contributed by atoms with van der Waals surface area (Å²) in [7, 11) is 0. The van der Waals surface area contributed by atoms with Crippen LogP contribution in [-0.4, -0.2) is 32.5 Å². The smallest absolute Gasteiger partial charge is 0.264 e. The summed E-state index contributed by atoms with van der Waals surface area (Å²) in [5.74, 6) is 1.60. The Morgan fingerprint density at radius 1 is 1.41 bits per heavy atom. The summed E-state index contributed by atoms with van der Waals surface area (Å²) in [6.07, 6.45) is 1.92. The van der Waals surface area contributed by atoms with E-state index in [0.717, 1.165) is 46.0 Å². The number of H-pyrrole nitrogens is 1. The number of fused-ring (bicyclic) bond motifs is 1. The Morgan fingerprint density at radius 3 is 3.05 bits per heavy atom. The van der Waals surface area contributed by atoms with Gasteiger partial charge in [-0.1, -0.05) is 18.2 Å². The lowest BCUT2D eigenvalue weighted by molar-refractivity contribution is 0.0735. The lowest BCUT2D eigenvalue weighted by atomic mass is 10.2. The van der Waals surface area contributed by atoms with Crippen LogP contribution in [0.4, 0.5) is 0 Å². The van der Waals surface area contributed by atoms with Gasteiger partial charge in [-0.3, -0.25) is 9.89 Å². The van der Waals surface area contributed by atoms with Crippen molar-refractivity contribution in [3.8, 4) is 0 Å². The van der Waals surface area contributed by atoms with E-state index in [1.54, 1.807) is 11.3 Å². The fourth-order valence-corrected chi connectivity index (χ4v) is 4.03. The summed E-state index contributed by atoms with van der Waals surface area (Å²) in [5, 5.41) is 8.24. The van der Waals surface area contributed by atoms with Crippen LogP contribution in [0.15, 0.2) is 30.3 Å². The fraction of sp³-hybridized carbons (Fsp3) is 0.312. The number of nitrogens with zero attached hydrogens (tertiary/aromatic N) is 3. The van der Waals surface area contributed by atoms with E-state index in [-0.39, 0.29) is 11.9 Å². The van der Waals surface area contributed by atoms with Gasteiger partial charge in [0.15, 0.2) is 5.82 Å². The van der Waals surface area contributed by atoms with E-state index < -0.39 is 0 Å². The first-order valence-electron chi connectivity index (χ1n) is 7.41. The molecule has 1 fully saturated rings. The summed E-state index contributed by atoms with van der Waals surface area (Å²) in [4.78, 5) is 20.0. The third kappa shape index (κ3) is 2.20. The quantitative estimate of drug-likeness (QED) is 0.789. The fourth-order valence-electron chi connectivity index (χ4n) is 3.02. The van der Waals surface area contributed by atoms with Gasteiger partial charge < -0.3 is 4.90 Å². The number of carbonyl (C=O) groups excluding carboxylic acids is 1. The number of hydrogen-bond acceptors (Lipinski definition) is 4. The summed E-state index contributed by atoms with van der Waals surface area (Å²) in [6.45, 7) is 2.65. The van der Waals surface area contributed by atoms with Crippen molar-refractivity contribution in [2.75, 3.05) is 6.54 Å². The molecule has 2 aromatic heterocycles. The van der Waals surface area contributed by atoms with Crippen LogP contribution in [0.2, 0.25) is 0 Å². The number of carbonyl (C=O) groups is 1. The molecule has 1 aliphatic heterocycles. The Hall–Kier alpha value is -2.21. The second kappa shape index (κ2) is 5.21. The largest absolute Gasteiger partial charge is 0.328 e. The number of likely N-dealkylation sites (tertiary alicyclic amines) is 1. The molecule has 0 aliphatic carbocycles. The summed E-state index contributed by atoms with van der Waals surface area (Å²) < 4.78 is 1.15. The molecule has 1 amide bonds. The maximum Gasteiger partial charge on any atom is 0.264 e. The average Bonchev–Trinajstić information content (AvgIpc) is 3.24. The minimum absolute atomic E-state index is 0.0114. The zero-order chi connectivity index (χ0) is 15.1. The van der Waals surface area contributed by atoms with Crippen molar-refractivity contribution in [3.05, 3.63) is 46.9 Å². The van der Waals surface area contributed by atoms with Crippen molar-refractivity contribution >= 4 is 27.3 Å². The molecule has 3 heterocycles. The van der Waals surface area contributed by atoms with E-state index in [0.29, 0.717) is 0 Å². The van der Waals surface area contributed by atoms with E-state index in [1.807, 2.05) is 36.1 Å². The predicted molar refractivity (Wildman–Crippen MR) is 86.0 cm³/mol. The molecule has 112 valence electrons. The number of nitrogens with one attached hydrogen (secondary N) is 1. The third-order valence-corrected chi connectivity index (χ3v) is 5.17. The Bertz CT molecular complexity index is 804. The van der Waals surface area contributed by atoms with Crippen molar-refractivity contribution in [1.29, 1.82) is 0 Å². The molecule has 0 bridgehead atoms. The van der Waals surface area contributed by atoms with Crippen LogP contribution < -0.4 is 0 Å². The number of amides is 1. The van der Waals surface area contributed by atoms with Crippen molar-refractivity contribution in [1.82, 2.24) is 20.1 Å². The zero-order valence-corrected chi connectivity index (χ0v) is 13.1. The maximum atomic E-state index is 12.9. The van der Waals surface area contributed by atoms with Gasteiger partial charge >= 0.3 is 0 Å². The first kappa shape index (κ1) is 13.5. The Morgan fingerprint density at radius 2 is 2.27 bits per heavy atom. The molecule has 1 atom stereocenters. The molecular formula is C16H16N4OS. The van der Waals surface area contributed by atoms with Crippen LogP contribution in [0.1, 0.15) is 40.2 Å². The lowest BCUT2D eigenvalue weighted by Gasteiger charge is -2.21. The van der Waals surface area contributed by atoms with Crippen molar-refractivity contribution in [2.24, 2.45) is 0 Å². The minimum Gasteiger partial charge on any atom is -0.328 e. The number of aryl methyl sites for hydroxylation is 1. The van der Waals surface area contributed by atoms with Gasteiger partial charge in [0.1, 0.15) is 5.82 Å². The molecule has 3 aromatic rings. The van der Waals surface area contributed by atoms with Crippen LogP contribution >= 0.6 is 11.3 Å². The van der Waals surface area contributed by atoms with E-state index in [9.17, 15) is 4.79 Å². The number of hydrogen-bond donors (Lipinski definition) is 1. The van der Waals surface area contributed by atoms with Gasteiger partial charge in [0.25, 0.3) is 5.91 Å². The summed E-state index contributed by atoms with van der Waals surface area (Å²) in [5.41, 5.74) is 0. The second-order valence-corrected chi connectivity index (χ2v) is 6.67. The van der Waals surface area contributed by atoms with Gasteiger partial charge in [0, 0.05) is 11.2 Å². The molecule has 4 rings (SSSR count). The molecule has 0 saturated carbocycles. The second-order valence-electron chi connectivity index (χ2n) is 5.58. The van der Waals surface area contributed by atoms with E-state index in [2.05, 4.69) is 21.2 Å². The highest BCUT2D eigenvalue weighted by Crippen LogP contribution is 2.34. The molecular weight excluding hydrogens is 296 g/mol. The molecule has 0 unspecified atom stereocenters. The molecule has 0 spiro atoms. The van der Waals surface area contributed by atoms with Gasteiger partial charge in [-0.25, -0.2) is 4.98 Å². The van der Waals surface area contributed by atoms with Crippen molar-refractivity contribution in [2.45, 2.75) is 25.8 Å². The van der Waals surface area contributed by atoms with E-state index in [4.69, 9.17) is 0 Å². The first-order valence-corrected chi connectivity index (χ1v) is 8.22. The standard InChI is InChI=1S/C16H16N4OS/c1-10-17-15(19-18-10)12-6-4-8-20(12)16(21)14-9-11-5-2-3-7-13(11)22-14/h2-3,5,7,9,12H,4,6,8H2,1H3,(H,17,18,19)/t12-/m0/s1. The van der Waals surface area contributed by atoms with Crippen molar-refractivity contribution < 1.29 is 4.79 Å². The normalized spacial score (nSPS) is 18.2. The van der Waals surface area contributed by atoms with Gasteiger partial charge in [-0.2, -0.15) is 5.10 Å². The lowest BCUT2D eigenvalue weighted by Crippen LogP contribution is -2.30. The monoisotopic (exact) mass is 312 g/mol. The van der Waals surface area contributed by atoms with Crippen LogP contribution in [0.5, 0.6) is 0 Å². The summed E-state index contributed by atoms with van der Waals surface area (Å²) in [6, 6.07) is 10.1. The van der Waals surface area contributed by atoms with Crippen LogP contribution in [0.25, 0.3) is 10.1 Å². The Labute approximate surface area is 132 Å². The Balaban J connectivity index is 1.66. The number of rotatable bonds is 2. The van der Waals surface area contributed by atoms with Crippen LogP contribution in [0.3, 0.4) is 0 Å². The van der Waals surface area contributed by atoms with E-state index in [1.165, 1.54) is 0 Å². The highest BCUT2D eigenvalue weighted by Gasteiger charge is 2.33. The Kier molecular flexibility index (Phi) is 3.18. The molecule has 6 heteroatoms. The highest BCUT2D eigenvalue weighted by atomic mass is 32.1. The highest BCUT2D eigenvalue weighted by molar-refractivity contribution is 7.20. The molecule has 1 aliphatic rings. The maximum absolute atomic E-state index is 12.9. The third-order valence-electron chi connectivity index (χ3n) is 4.06.